The quantitative estimate of drug-likeness (QED) is 0.626. The molecule has 0 bridgehead atoms. The lowest BCUT2D eigenvalue weighted by molar-refractivity contribution is 0.203. The van der Waals surface area contributed by atoms with Crippen molar-refractivity contribution < 1.29 is 9.53 Å². The molecule has 0 aromatic heterocycles. The Hall–Kier alpha value is -0.350. The van der Waals surface area contributed by atoms with E-state index in [0.29, 0.717) is 0 Å². The third kappa shape index (κ3) is 2.82. The minimum atomic E-state index is -0.675. The maximum Gasteiger partial charge on any atom is 0.412 e. The minimum absolute atomic E-state index is 0.0367. The number of amides is 1. The Morgan fingerprint density at radius 3 is 2.33 bits per heavy atom. The summed E-state index contributed by atoms with van der Waals surface area (Å²) in [5, 5.41) is 2.61. The standard InChI is InChI=1S/C8H5Cl4NO2/c1-13-8(14)15-4-2-3(9)5(10)7(12)6(4)11/h2H,1H3,(H,13,14). The molecule has 0 atom stereocenters. The van der Waals surface area contributed by atoms with Crippen LogP contribution in [-0.4, -0.2) is 13.1 Å². The fourth-order valence-corrected chi connectivity index (χ4v) is 1.60. The Labute approximate surface area is 106 Å². The highest BCUT2D eigenvalue weighted by molar-refractivity contribution is 6.52. The van der Waals surface area contributed by atoms with Crippen molar-refractivity contribution >= 4 is 52.5 Å². The van der Waals surface area contributed by atoms with Crippen molar-refractivity contribution in [3.05, 3.63) is 26.2 Å². The van der Waals surface area contributed by atoms with Gasteiger partial charge in [0, 0.05) is 13.1 Å². The average Bonchev–Trinajstić information content (AvgIpc) is 2.22. The normalized spacial score (nSPS) is 9.93. The summed E-state index contributed by atoms with van der Waals surface area (Å²) in [4.78, 5) is 10.9. The lowest BCUT2D eigenvalue weighted by atomic mass is 10.3. The van der Waals surface area contributed by atoms with Gasteiger partial charge in [0.2, 0.25) is 0 Å². The molecule has 0 saturated carbocycles. The van der Waals surface area contributed by atoms with E-state index in [4.69, 9.17) is 51.1 Å². The summed E-state index contributed by atoms with van der Waals surface area (Å²) in [6.45, 7) is 0. The Morgan fingerprint density at radius 1 is 1.20 bits per heavy atom. The zero-order valence-electron chi connectivity index (χ0n) is 7.41. The summed E-state index contributed by atoms with van der Waals surface area (Å²) in [5.41, 5.74) is 0. The predicted molar refractivity (Wildman–Crippen MR) is 61.6 cm³/mol. The summed E-state index contributed by atoms with van der Waals surface area (Å²) in [6, 6.07) is 1.31. The third-order valence-corrected chi connectivity index (χ3v) is 3.21. The van der Waals surface area contributed by atoms with E-state index in [2.05, 4.69) is 5.32 Å². The third-order valence-electron chi connectivity index (χ3n) is 1.48. The molecule has 1 rings (SSSR count). The van der Waals surface area contributed by atoms with Crippen molar-refractivity contribution in [2.24, 2.45) is 0 Å². The molecule has 0 fully saturated rings. The molecular formula is C8H5Cl4NO2. The maximum atomic E-state index is 10.9. The molecule has 1 amide bonds. The highest BCUT2D eigenvalue weighted by Crippen LogP contribution is 2.41. The zero-order chi connectivity index (χ0) is 11.6. The molecule has 1 N–H and O–H groups in total. The van der Waals surface area contributed by atoms with Crippen LogP contribution in [0.4, 0.5) is 4.79 Å². The van der Waals surface area contributed by atoms with Crippen LogP contribution in [-0.2, 0) is 0 Å². The van der Waals surface area contributed by atoms with Gasteiger partial charge in [-0.15, -0.1) is 0 Å². The van der Waals surface area contributed by atoms with Gasteiger partial charge in [-0.25, -0.2) is 4.79 Å². The van der Waals surface area contributed by atoms with Gasteiger partial charge in [0.1, 0.15) is 5.02 Å². The highest BCUT2D eigenvalue weighted by Gasteiger charge is 2.16. The first-order valence-corrected chi connectivity index (χ1v) is 5.21. The van der Waals surface area contributed by atoms with E-state index >= 15 is 0 Å². The fraction of sp³-hybridized carbons (Fsp3) is 0.125. The van der Waals surface area contributed by atoms with Crippen molar-refractivity contribution in [3.8, 4) is 5.75 Å². The number of hydrogen-bond acceptors (Lipinski definition) is 2. The molecule has 15 heavy (non-hydrogen) atoms. The van der Waals surface area contributed by atoms with Crippen LogP contribution in [0.15, 0.2) is 6.07 Å². The van der Waals surface area contributed by atoms with Crippen molar-refractivity contribution in [2.75, 3.05) is 7.05 Å². The van der Waals surface area contributed by atoms with Crippen molar-refractivity contribution in [2.45, 2.75) is 0 Å². The number of rotatable bonds is 1. The number of carbonyl (C=O) groups excluding carboxylic acids is 1. The summed E-state index contributed by atoms with van der Waals surface area (Å²) in [5.74, 6) is 0.0513. The predicted octanol–water partition coefficient (Wildman–Crippen LogP) is 4.02. The molecule has 0 saturated heterocycles. The SMILES string of the molecule is CNC(=O)Oc1cc(Cl)c(Cl)c(Cl)c1Cl. The highest BCUT2D eigenvalue weighted by atomic mass is 35.5. The number of hydrogen-bond donors (Lipinski definition) is 1. The van der Waals surface area contributed by atoms with E-state index < -0.39 is 6.09 Å². The number of halogens is 4. The average molecular weight is 289 g/mol. The summed E-state index contributed by atoms with van der Waals surface area (Å²) in [6.07, 6.45) is -0.675. The van der Waals surface area contributed by atoms with Crippen LogP contribution in [0.25, 0.3) is 0 Å². The van der Waals surface area contributed by atoms with Crippen LogP contribution in [0.1, 0.15) is 0 Å². The van der Waals surface area contributed by atoms with Gasteiger partial charge in [0.05, 0.1) is 15.1 Å². The Bertz CT molecular complexity index is 408. The lowest BCUT2D eigenvalue weighted by Gasteiger charge is -2.08. The fourth-order valence-electron chi connectivity index (χ4n) is 0.776. The van der Waals surface area contributed by atoms with Crippen LogP contribution in [0.5, 0.6) is 5.75 Å². The zero-order valence-corrected chi connectivity index (χ0v) is 10.4. The van der Waals surface area contributed by atoms with Crippen LogP contribution in [0, 0.1) is 0 Å². The van der Waals surface area contributed by atoms with E-state index in [9.17, 15) is 4.79 Å². The number of ether oxygens (including phenoxy) is 1. The molecule has 0 radical (unpaired) electrons. The second-order valence-electron chi connectivity index (χ2n) is 2.44. The largest absolute Gasteiger partial charge is 0.412 e. The van der Waals surface area contributed by atoms with Gasteiger partial charge in [-0.2, -0.15) is 0 Å². The molecule has 0 unspecified atom stereocenters. The maximum absolute atomic E-state index is 10.9. The summed E-state index contributed by atoms with van der Waals surface area (Å²) >= 11 is 23.0. The second-order valence-corrected chi connectivity index (χ2v) is 3.98. The monoisotopic (exact) mass is 287 g/mol. The summed E-state index contributed by atoms with van der Waals surface area (Å²) in [7, 11) is 1.41. The molecule has 3 nitrogen and oxygen atoms in total. The van der Waals surface area contributed by atoms with Crippen LogP contribution in [0.2, 0.25) is 20.1 Å². The molecule has 0 aliphatic heterocycles. The minimum Gasteiger partial charge on any atom is -0.409 e. The Kier molecular flexibility index (Phi) is 4.34. The smallest absolute Gasteiger partial charge is 0.409 e. The molecule has 7 heteroatoms. The molecule has 82 valence electrons. The van der Waals surface area contributed by atoms with Crippen molar-refractivity contribution in [1.82, 2.24) is 5.32 Å². The van der Waals surface area contributed by atoms with Gasteiger partial charge in [-0.1, -0.05) is 46.4 Å². The second kappa shape index (κ2) is 5.12. The first-order valence-electron chi connectivity index (χ1n) is 3.70. The summed E-state index contributed by atoms with van der Waals surface area (Å²) < 4.78 is 4.80. The van der Waals surface area contributed by atoms with Crippen LogP contribution >= 0.6 is 46.4 Å². The van der Waals surface area contributed by atoms with E-state index in [1.807, 2.05) is 0 Å². The molecule has 0 aliphatic rings. The first kappa shape index (κ1) is 12.7. The number of nitrogens with one attached hydrogen (secondary N) is 1. The topological polar surface area (TPSA) is 38.3 Å². The molecule has 0 heterocycles. The first-order chi connectivity index (χ1) is 6.97. The molecule has 0 spiro atoms. The van der Waals surface area contributed by atoms with Gasteiger partial charge < -0.3 is 10.1 Å². The molecule has 0 aliphatic carbocycles. The lowest BCUT2D eigenvalue weighted by Crippen LogP contribution is -2.22. The molecule has 1 aromatic rings. The van der Waals surface area contributed by atoms with Gasteiger partial charge >= 0.3 is 6.09 Å². The number of benzene rings is 1. The Morgan fingerprint density at radius 2 is 1.80 bits per heavy atom. The molecule has 1 aromatic carbocycles. The van der Waals surface area contributed by atoms with E-state index in [0.717, 1.165) is 0 Å². The van der Waals surface area contributed by atoms with Gasteiger partial charge in [0.15, 0.2) is 5.75 Å². The van der Waals surface area contributed by atoms with Gasteiger partial charge in [-0.05, 0) is 0 Å². The van der Waals surface area contributed by atoms with Gasteiger partial charge in [0.25, 0.3) is 0 Å². The van der Waals surface area contributed by atoms with E-state index in [1.165, 1.54) is 13.1 Å². The van der Waals surface area contributed by atoms with E-state index in [-0.39, 0.29) is 25.8 Å². The van der Waals surface area contributed by atoms with Crippen molar-refractivity contribution in [1.29, 1.82) is 0 Å². The van der Waals surface area contributed by atoms with Gasteiger partial charge in [-0.3, -0.25) is 0 Å². The van der Waals surface area contributed by atoms with Crippen molar-refractivity contribution in [3.63, 3.8) is 0 Å². The Balaban J connectivity index is 3.15. The van der Waals surface area contributed by atoms with Crippen LogP contribution in [0.3, 0.4) is 0 Å². The van der Waals surface area contributed by atoms with E-state index in [1.54, 1.807) is 0 Å². The molecular weight excluding hydrogens is 284 g/mol. The number of carbonyl (C=O) groups is 1. The van der Waals surface area contributed by atoms with Crippen LogP contribution < -0.4 is 10.1 Å².